The van der Waals surface area contributed by atoms with Crippen LogP contribution >= 0.6 is 0 Å². The molecular weight excluding hydrogens is 262 g/mol. The highest BCUT2D eigenvalue weighted by Gasteiger charge is 2.32. The van der Waals surface area contributed by atoms with Gasteiger partial charge < -0.3 is 9.84 Å². The summed E-state index contributed by atoms with van der Waals surface area (Å²) in [6.45, 7) is 8.15. The summed E-state index contributed by atoms with van der Waals surface area (Å²) >= 11 is 0. The zero-order valence-corrected chi connectivity index (χ0v) is 13.7. The lowest BCUT2D eigenvalue weighted by atomic mass is 9.70. The van der Waals surface area contributed by atoms with E-state index in [1.54, 1.807) is 0 Å². The van der Waals surface area contributed by atoms with Gasteiger partial charge in [0.05, 0.1) is 6.04 Å². The number of hydrogen-bond acceptors (Lipinski definition) is 4. The fourth-order valence-corrected chi connectivity index (χ4v) is 3.83. The molecule has 3 rings (SSSR count). The third-order valence-electron chi connectivity index (χ3n) is 5.38. The third-order valence-corrected chi connectivity index (χ3v) is 5.38. The van der Waals surface area contributed by atoms with Crippen molar-refractivity contribution in [2.24, 2.45) is 11.3 Å². The van der Waals surface area contributed by atoms with Crippen LogP contribution in [0.4, 0.5) is 0 Å². The Labute approximate surface area is 128 Å². The van der Waals surface area contributed by atoms with E-state index in [1.165, 1.54) is 38.5 Å². The molecule has 118 valence electrons. The number of nitrogens with zero attached hydrogens (tertiary/aromatic N) is 2. The average Bonchev–Trinajstić information content (AvgIpc) is 2.97. The zero-order valence-electron chi connectivity index (χ0n) is 13.7. The molecule has 21 heavy (non-hydrogen) atoms. The molecule has 0 aromatic carbocycles. The van der Waals surface area contributed by atoms with Gasteiger partial charge in [-0.05, 0) is 56.4 Å². The summed E-state index contributed by atoms with van der Waals surface area (Å²) in [7, 11) is 0. The Morgan fingerprint density at radius 2 is 1.81 bits per heavy atom. The van der Waals surface area contributed by atoms with Crippen LogP contribution in [0.5, 0.6) is 0 Å². The van der Waals surface area contributed by atoms with Crippen LogP contribution in [-0.4, -0.2) is 16.7 Å². The Hall–Kier alpha value is -0.900. The van der Waals surface area contributed by atoms with Gasteiger partial charge in [-0.1, -0.05) is 32.3 Å². The predicted molar refractivity (Wildman–Crippen MR) is 83.0 cm³/mol. The molecular formula is C17H29N3O. The molecule has 1 aromatic rings. The highest BCUT2D eigenvalue weighted by atomic mass is 16.5. The molecule has 0 radical (unpaired) electrons. The molecule has 1 saturated heterocycles. The summed E-state index contributed by atoms with van der Waals surface area (Å²) in [4.78, 5) is 4.70. The van der Waals surface area contributed by atoms with Crippen molar-refractivity contribution in [1.82, 2.24) is 15.5 Å². The molecule has 1 aromatic heterocycles. The van der Waals surface area contributed by atoms with Crippen LogP contribution in [0.15, 0.2) is 4.52 Å². The van der Waals surface area contributed by atoms with Gasteiger partial charge in [0.15, 0.2) is 5.82 Å². The molecule has 4 heteroatoms. The highest BCUT2D eigenvalue weighted by molar-refractivity contribution is 5.01. The first-order chi connectivity index (χ1) is 10.0. The Morgan fingerprint density at radius 1 is 1.05 bits per heavy atom. The maximum absolute atomic E-state index is 5.53. The summed E-state index contributed by atoms with van der Waals surface area (Å²) < 4.78 is 5.53. The molecule has 2 aliphatic rings. The van der Waals surface area contributed by atoms with Crippen LogP contribution in [0.25, 0.3) is 0 Å². The van der Waals surface area contributed by atoms with Crippen molar-refractivity contribution in [1.29, 1.82) is 0 Å². The van der Waals surface area contributed by atoms with Crippen LogP contribution in [0, 0.1) is 11.3 Å². The molecule has 1 aliphatic heterocycles. The number of rotatable bonds is 2. The van der Waals surface area contributed by atoms with E-state index >= 15 is 0 Å². The molecule has 0 spiro atoms. The number of aromatic nitrogens is 2. The molecule has 1 N–H and O–H groups in total. The smallest absolute Gasteiger partial charge is 0.243 e. The van der Waals surface area contributed by atoms with Crippen molar-refractivity contribution in [2.75, 3.05) is 6.54 Å². The van der Waals surface area contributed by atoms with Crippen LogP contribution in [-0.2, 0) is 0 Å². The van der Waals surface area contributed by atoms with E-state index in [1.807, 2.05) is 0 Å². The van der Waals surface area contributed by atoms with Crippen LogP contribution in [0.1, 0.15) is 89.4 Å². The summed E-state index contributed by atoms with van der Waals surface area (Å²) in [5.74, 6) is 3.09. The van der Waals surface area contributed by atoms with Crippen molar-refractivity contribution in [2.45, 2.75) is 77.7 Å². The largest absolute Gasteiger partial charge is 0.338 e. The van der Waals surface area contributed by atoms with Gasteiger partial charge in [-0.15, -0.1) is 0 Å². The van der Waals surface area contributed by atoms with E-state index in [0.29, 0.717) is 11.3 Å². The normalized spacial score (nSPS) is 31.3. The Balaban J connectivity index is 1.60. The van der Waals surface area contributed by atoms with Gasteiger partial charge in [-0.3, -0.25) is 0 Å². The highest BCUT2D eigenvalue weighted by Crippen LogP contribution is 2.42. The van der Waals surface area contributed by atoms with Gasteiger partial charge >= 0.3 is 0 Å². The lowest BCUT2D eigenvalue weighted by Crippen LogP contribution is -2.27. The molecule has 1 aliphatic carbocycles. The lowest BCUT2D eigenvalue weighted by molar-refractivity contribution is 0.166. The van der Waals surface area contributed by atoms with Crippen molar-refractivity contribution in [3.8, 4) is 0 Å². The second kappa shape index (κ2) is 6.07. The molecule has 4 nitrogen and oxygen atoms in total. The predicted octanol–water partition coefficient (Wildman–Crippen LogP) is 4.20. The Morgan fingerprint density at radius 3 is 2.43 bits per heavy atom. The van der Waals surface area contributed by atoms with Gasteiger partial charge in [0, 0.05) is 5.92 Å². The first-order valence-corrected chi connectivity index (χ1v) is 8.61. The van der Waals surface area contributed by atoms with E-state index in [2.05, 4.69) is 31.2 Å². The minimum Gasteiger partial charge on any atom is -0.338 e. The average molecular weight is 291 g/mol. The topological polar surface area (TPSA) is 51.0 Å². The fourth-order valence-electron chi connectivity index (χ4n) is 3.83. The maximum Gasteiger partial charge on any atom is 0.243 e. The summed E-state index contributed by atoms with van der Waals surface area (Å²) in [6.07, 6.45) is 8.64. The lowest BCUT2D eigenvalue weighted by Gasteiger charge is -2.36. The van der Waals surface area contributed by atoms with Crippen molar-refractivity contribution < 1.29 is 4.52 Å². The third kappa shape index (κ3) is 3.47. The van der Waals surface area contributed by atoms with E-state index in [0.717, 1.165) is 30.6 Å². The molecule has 1 atom stereocenters. The second-order valence-electron chi connectivity index (χ2n) is 7.91. The van der Waals surface area contributed by atoms with Gasteiger partial charge in [-0.2, -0.15) is 4.98 Å². The van der Waals surface area contributed by atoms with Gasteiger partial charge in [-0.25, -0.2) is 0 Å². The first-order valence-electron chi connectivity index (χ1n) is 8.61. The van der Waals surface area contributed by atoms with Crippen LogP contribution in [0.2, 0.25) is 0 Å². The van der Waals surface area contributed by atoms with Crippen LogP contribution in [0.3, 0.4) is 0 Å². The van der Waals surface area contributed by atoms with Crippen molar-refractivity contribution >= 4 is 0 Å². The minimum atomic E-state index is 0.283. The second-order valence-corrected chi connectivity index (χ2v) is 7.91. The molecule has 0 bridgehead atoms. The van der Waals surface area contributed by atoms with E-state index in [9.17, 15) is 0 Å². The maximum atomic E-state index is 5.53. The van der Waals surface area contributed by atoms with Crippen LogP contribution < -0.4 is 5.32 Å². The van der Waals surface area contributed by atoms with Gasteiger partial charge in [0.25, 0.3) is 0 Å². The zero-order chi connectivity index (χ0) is 14.9. The summed E-state index contributed by atoms with van der Waals surface area (Å²) in [5.41, 5.74) is 0.430. The summed E-state index contributed by atoms with van der Waals surface area (Å²) in [5, 5.41) is 7.76. The minimum absolute atomic E-state index is 0.283. The van der Waals surface area contributed by atoms with Crippen molar-refractivity contribution in [3.05, 3.63) is 11.7 Å². The first kappa shape index (κ1) is 15.0. The SMILES string of the molecule is CC(C)(C)C1CCC(c2noc([C@@H]3CCCCN3)n2)CC1. The monoisotopic (exact) mass is 291 g/mol. The number of piperidine rings is 1. The van der Waals surface area contributed by atoms with E-state index < -0.39 is 0 Å². The molecule has 0 amide bonds. The number of nitrogens with one attached hydrogen (secondary N) is 1. The quantitative estimate of drug-likeness (QED) is 0.887. The Bertz CT molecular complexity index is 449. The molecule has 0 unspecified atom stereocenters. The fraction of sp³-hybridized carbons (Fsp3) is 0.882. The standard InChI is InChI=1S/C17H29N3O/c1-17(2,3)13-9-7-12(8-10-13)15-19-16(21-20-15)14-6-4-5-11-18-14/h12-14,18H,4-11H2,1-3H3/t12?,13?,14-/m0/s1. The molecule has 1 saturated carbocycles. The van der Waals surface area contributed by atoms with Gasteiger partial charge in [0.2, 0.25) is 5.89 Å². The molecule has 2 heterocycles. The Kier molecular flexibility index (Phi) is 4.34. The van der Waals surface area contributed by atoms with Crippen molar-refractivity contribution in [3.63, 3.8) is 0 Å². The summed E-state index contributed by atoms with van der Waals surface area (Å²) in [6, 6.07) is 0.283. The van der Waals surface area contributed by atoms with E-state index in [4.69, 9.17) is 9.51 Å². The molecule has 2 fully saturated rings. The van der Waals surface area contributed by atoms with Gasteiger partial charge in [0.1, 0.15) is 0 Å². The number of hydrogen-bond donors (Lipinski definition) is 1. The van der Waals surface area contributed by atoms with E-state index in [-0.39, 0.29) is 6.04 Å².